The lowest BCUT2D eigenvalue weighted by Gasteiger charge is -2.15. The van der Waals surface area contributed by atoms with E-state index in [1.165, 1.54) is 0 Å². The van der Waals surface area contributed by atoms with Gasteiger partial charge in [0.25, 0.3) is 0 Å². The van der Waals surface area contributed by atoms with E-state index in [9.17, 15) is 0 Å². The van der Waals surface area contributed by atoms with E-state index in [-0.39, 0.29) is 0 Å². The van der Waals surface area contributed by atoms with Gasteiger partial charge in [-0.15, -0.1) is 0 Å². The molecule has 0 aliphatic heterocycles. The van der Waals surface area contributed by atoms with Crippen LogP contribution in [0.4, 0.5) is 5.69 Å². The molecule has 64 valence electrons. The quantitative estimate of drug-likeness (QED) is 0.406. The van der Waals surface area contributed by atoms with Crippen LogP contribution in [-0.2, 0) is 0 Å². The number of rotatable bonds is 1. The summed E-state index contributed by atoms with van der Waals surface area (Å²) in [5, 5.41) is 0.673. The Morgan fingerprint density at radius 3 is 2.67 bits per heavy atom. The van der Waals surface area contributed by atoms with Crippen molar-refractivity contribution in [3.05, 3.63) is 29.3 Å². The molecule has 0 radical (unpaired) electrons. The molecule has 0 aromatic heterocycles. The van der Waals surface area contributed by atoms with E-state index in [1.807, 2.05) is 12.1 Å². The van der Waals surface area contributed by atoms with Crippen molar-refractivity contribution in [1.29, 1.82) is 0 Å². The van der Waals surface area contributed by atoms with Crippen molar-refractivity contribution in [1.82, 2.24) is 0 Å². The number of anilines is 1. The maximum atomic E-state index is 5.78. The minimum absolute atomic E-state index is 0.303. The molecule has 0 unspecified atom stereocenters. The monoisotopic (exact) mass is 219 g/mol. The van der Waals surface area contributed by atoms with Gasteiger partial charge in [-0.25, -0.2) is 0 Å². The number of hydrogen-bond acceptors (Lipinski definition) is 1. The molecule has 1 aromatic rings. The second-order valence-electron chi connectivity index (χ2n) is 2.29. The van der Waals surface area contributed by atoms with Gasteiger partial charge in [0, 0.05) is 17.8 Å². The first-order chi connectivity index (χ1) is 5.61. The van der Waals surface area contributed by atoms with Gasteiger partial charge in [-0.1, -0.05) is 29.3 Å². The van der Waals surface area contributed by atoms with Crippen LogP contribution >= 0.6 is 35.4 Å². The van der Waals surface area contributed by atoms with Crippen molar-refractivity contribution in [3.63, 3.8) is 0 Å². The topological polar surface area (TPSA) is 3.24 Å². The highest BCUT2D eigenvalue weighted by atomic mass is 35.5. The normalized spacial score (nSPS) is 9.58. The molecule has 0 spiro atoms. The van der Waals surface area contributed by atoms with Gasteiger partial charge in [-0.3, -0.25) is 0 Å². The van der Waals surface area contributed by atoms with Gasteiger partial charge < -0.3 is 4.90 Å². The van der Waals surface area contributed by atoms with Crippen molar-refractivity contribution in [2.24, 2.45) is 0 Å². The Balaban J connectivity index is 2.95. The van der Waals surface area contributed by atoms with Gasteiger partial charge in [0.2, 0.25) is 0 Å². The predicted octanol–water partition coefficient (Wildman–Crippen LogP) is 3.30. The zero-order valence-corrected chi connectivity index (χ0v) is 8.75. The first-order valence-corrected chi connectivity index (χ1v) is 4.46. The third-order valence-electron chi connectivity index (χ3n) is 1.46. The van der Waals surface area contributed by atoms with E-state index in [4.69, 9.17) is 35.4 Å². The van der Waals surface area contributed by atoms with Crippen LogP contribution in [0.1, 0.15) is 0 Å². The summed E-state index contributed by atoms with van der Waals surface area (Å²) in [6.45, 7) is 0. The molecule has 1 rings (SSSR count). The molecule has 0 saturated carbocycles. The fraction of sp³-hybridized carbons (Fsp3) is 0.125. The Hall–Kier alpha value is -0.310. The van der Waals surface area contributed by atoms with Crippen molar-refractivity contribution in [2.45, 2.75) is 0 Å². The molecule has 0 N–H and O–H groups in total. The summed E-state index contributed by atoms with van der Waals surface area (Å²) < 4.78 is 0.303. The SMILES string of the molecule is CN(C(=S)Cl)c1cccc(Cl)c1. The summed E-state index contributed by atoms with van der Waals surface area (Å²) in [5.74, 6) is 0. The molecule has 1 nitrogen and oxygen atoms in total. The number of nitrogens with zero attached hydrogens (tertiary/aromatic N) is 1. The number of hydrogen-bond donors (Lipinski definition) is 0. The zero-order valence-electron chi connectivity index (χ0n) is 6.42. The maximum Gasteiger partial charge on any atom is 0.174 e. The standard InChI is InChI=1S/C8H7Cl2NS/c1-11(8(10)12)7-4-2-3-6(9)5-7/h2-5H,1H3. The van der Waals surface area contributed by atoms with Crippen molar-refractivity contribution < 1.29 is 0 Å². The van der Waals surface area contributed by atoms with E-state index in [0.717, 1.165) is 5.69 Å². The van der Waals surface area contributed by atoms with Crippen LogP contribution in [-0.4, -0.2) is 11.5 Å². The van der Waals surface area contributed by atoms with Gasteiger partial charge in [-0.05, 0) is 30.4 Å². The molecule has 0 heterocycles. The van der Waals surface area contributed by atoms with Crippen LogP contribution in [0.25, 0.3) is 0 Å². The Labute approximate surface area is 86.9 Å². The molecule has 4 heteroatoms. The van der Waals surface area contributed by atoms with Gasteiger partial charge >= 0.3 is 0 Å². The lowest BCUT2D eigenvalue weighted by Crippen LogP contribution is -2.18. The van der Waals surface area contributed by atoms with E-state index < -0.39 is 0 Å². The molecular weight excluding hydrogens is 213 g/mol. The van der Waals surface area contributed by atoms with E-state index >= 15 is 0 Å². The minimum atomic E-state index is 0.303. The fourth-order valence-electron chi connectivity index (χ4n) is 0.786. The molecule has 12 heavy (non-hydrogen) atoms. The molecule has 1 aromatic carbocycles. The molecule has 0 amide bonds. The fourth-order valence-corrected chi connectivity index (χ4v) is 1.17. The van der Waals surface area contributed by atoms with Gasteiger partial charge in [0.15, 0.2) is 4.45 Å². The summed E-state index contributed by atoms with van der Waals surface area (Å²) in [6, 6.07) is 7.34. The first-order valence-electron chi connectivity index (χ1n) is 3.30. The smallest absolute Gasteiger partial charge is 0.174 e. The molecule has 0 atom stereocenters. The first kappa shape index (κ1) is 9.78. The summed E-state index contributed by atoms with van der Waals surface area (Å²) >= 11 is 16.2. The van der Waals surface area contributed by atoms with Crippen molar-refractivity contribution >= 4 is 45.6 Å². The second-order valence-corrected chi connectivity index (χ2v) is 3.70. The summed E-state index contributed by atoms with van der Waals surface area (Å²) in [6.07, 6.45) is 0. The Kier molecular flexibility index (Phi) is 3.32. The van der Waals surface area contributed by atoms with Gasteiger partial charge in [-0.2, -0.15) is 0 Å². The predicted molar refractivity (Wildman–Crippen MR) is 58.3 cm³/mol. The van der Waals surface area contributed by atoms with Crippen molar-refractivity contribution in [2.75, 3.05) is 11.9 Å². The molecule has 0 saturated heterocycles. The van der Waals surface area contributed by atoms with Gasteiger partial charge in [0.05, 0.1) is 0 Å². The minimum Gasteiger partial charge on any atom is -0.326 e. The van der Waals surface area contributed by atoms with E-state index in [2.05, 4.69) is 0 Å². The third-order valence-corrected chi connectivity index (χ3v) is 2.22. The lowest BCUT2D eigenvalue weighted by molar-refractivity contribution is 1.31. The Bertz CT molecular complexity index is 301. The van der Waals surface area contributed by atoms with E-state index in [1.54, 1.807) is 24.1 Å². The number of halogens is 2. The van der Waals surface area contributed by atoms with E-state index in [0.29, 0.717) is 9.47 Å². The van der Waals surface area contributed by atoms with Crippen LogP contribution in [0.15, 0.2) is 24.3 Å². The highest BCUT2D eigenvalue weighted by Gasteiger charge is 2.03. The molecule has 0 aliphatic rings. The van der Waals surface area contributed by atoms with Gasteiger partial charge in [0.1, 0.15) is 0 Å². The van der Waals surface area contributed by atoms with Crippen LogP contribution < -0.4 is 4.90 Å². The highest BCUT2D eigenvalue weighted by Crippen LogP contribution is 2.19. The largest absolute Gasteiger partial charge is 0.326 e. The highest BCUT2D eigenvalue weighted by molar-refractivity contribution is 7.83. The average Bonchev–Trinajstić information content (AvgIpc) is 2.03. The molecular formula is C8H7Cl2NS. The van der Waals surface area contributed by atoms with Crippen LogP contribution in [0.2, 0.25) is 5.02 Å². The third kappa shape index (κ3) is 2.34. The van der Waals surface area contributed by atoms with Crippen molar-refractivity contribution in [3.8, 4) is 0 Å². The molecule has 0 bridgehead atoms. The average molecular weight is 220 g/mol. The Morgan fingerprint density at radius 2 is 2.17 bits per heavy atom. The van der Waals surface area contributed by atoms with Crippen LogP contribution in [0, 0.1) is 0 Å². The Morgan fingerprint density at radius 1 is 1.50 bits per heavy atom. The molecule has 0 aliphatic carbocycles. The summed E-state index contributed by atoms with van der Waals surface area (Å²) in [7, 11) is 1.79. The van der Waals surface area contributed by atoms with Crippen LogP contribution in [0.5, 0.6) is 0 Å². The number of benzene rings is 1. The maximum absolute atomic E-state index is 5.78. The summed E-state index contributed by atoms with van der Waals surface area (Å²) in [4.78, 5) is 1.68. The second kappa shape index (κ2) is 4.08. The molecule has 0 fully saturated rings. The van der Waals surface area contributed by atoms with Crippen LogP contribution in [0.3, 0.4) is 0 Å². The zero-order chi connectivity index (χ0) is 9.14. The number of thiocarbonyl (C=S) groups is 1. The lowest BCUT2D eigenvalue weighted by atomic mass is 10.3. The summed E-state index contributed by atoms with van der Waals surface area (Å²) in [5.41, 5.74) is 0.891.